The quantitative estimate of drug-likeness (QED) is 0.874. The van der Waals surface area contributed by atoms with Crippen molar-refractivity contribution in [3.05, 3.63) is 29.3 Å². The van der Waals surface area contributed by atoms with Gasteiger partial charge >= 0.3 is 5.97 Å². The van der Waals surface area contributed by atoms with Crippen LogP contribution in [0.25, 0.3) is 10.6 Å². The van der Waals surface area contributed by atoms with E-state index in [2.05, 4.69) is 4.98 Å². The minimum atomic E-state index is -1.09. The van der Waals surface area contributed by atoms with Crippen LogP contribution in [0.4, 0.5) is 0 Å². The molecule has 5 nitrogen and oxygen atoms in total. The molecule has 1 aromatic carbocycles. The topological polar surface area (TPSA) is 79.7 Å². The lowest BCUT2D eigenvalue weighted by Crippen LogP contribution is -1.95. The molecule has 1 aromatic heterocycles. The van der Waals surface area contributed by atoms with Gasteiger partial charge < -0.3 is 14.9 Å². The van der Waals surface area contributed by atoms with Crippen molar-refractivity contribution in [2.24, 2.45) is 0 Å². The van der Waals surface area contributed by atoms with Crippen LogP contribution >= 0.6 is 11.3 Å². The molecule has 17 heavy (non-hydrogen) atoms. The van der Waals surface area contributed by atoms with Crippen LogP contribution in [0, 0.1) is 0 Å². The number of para-hydroxylation sites is 1. The van der Waals surface area contributed by atoms with Crippen LogP contribution in [0.15, 0.2) is 23.6 Å². The fraction of sp³-hybridized carbons (Fsp3) is 0.0909. The molecule has 6 heteroatoms. The molecule has 0 saturated heterocycles. The minimum absolute atomic E-state index is 0.0350. The number of carbonyl (C=O) groups is 1. The second kappa shape index (κ2) is 4.42. The summed E-state index contributed by atoms with van der Waals surface area (Å²) < 4.78 is 4.97. The Labute approximate surface area is 101 Å². The summed E-state index contributed by atoms with van der Waals surface area (Å²) in [5.74, 6) is -0.800. The molecule has 2 rings (SSSR count). The second-order valence-corrected chi connectivity index (χ2v) is 4.06. The van der Waals surface area contributed by atoms with E-state index in [1.54, 1.807) is 18.2 Å². The third kappa shape index (κ3) is 2.07. The summed E-state index contributed by atoms with van der Waals surface area (Å²) in [5, 5.41) is 20.5. The van der Waals surface area contributed by atoms with E-state index in [9.17, 15) is 9.90 Å². The van der Waals surface area contributed by atoms with Crippen molar-refractivity contribution in [2.75, 3.05) is 7.11 Å². The Morgan fingerprint density at radius 3 is 2.82 bits per heavy atom. The monoisotopic (exact) mass is 251 g/mol. The van der Waals surface area contributed by atoms with Crippen LogP contribution in [0.2, 0.25) is 0 Å². The van der Waals surface area contributed by atoms with Crippen molar-refractivity contribution in [2.45, 2.75) is 0 Å². The highest BCUT2D eigenvalue weighted by Crippen LogP contribution is 2.37. The molecule has 1 heterocycles. The molecule has 0 aliphatic heterocycles. The zero-order chi connectivity index (χ0) is 12.4. The van der Waals surface area contributed by atoms with Crippen LogP contribution in [0.1, 0.15) is 10.5 Å². The van der Waals surface area contributed by atoms with E-state index in [1.165, 1.54) is 12.5 Å². The molecule has 0 aliphatic carbocycles. The third-order valence-electron chi connectivity index (χ3n) is 2.17. The number of hydrogen-bond acceptors (Lipinski definition) is 5. The Morgan fingerprint density at radius 1 is 1.47 bits per heavy atom. The summed E-state index contributed by atoms with van der Waals surface area (Å²) in [6.45, 7) is 0. The molecule has 88 valence electrons. The summed E-state index contributed by atoms with van der Waals surface area (Å²) in [4.78, 5) is 14.6. The largest absolute Gasteiger partial charge is 0.504 e. The Bertz CT molecular complexity index is 564. The number of rotatable bonds is 3. The molecule has 0 atom stereocenters. The van der Waals surface area contributed by atoms with Crippen molar-refractivity contribution >= 4 is 17.3 Å². The van der Waals surface area contributed by atoms with Gasteiger partial charge in [0.2, 0.25) is 0 Å². The predicted octanol–water partition coefficient (Wildman–Crippen LogP) is 2.22. The average molecular weight is 251 g/mol. The Morgan fingerprint density at radius 2 is 2.24 bits per heavy atom. The fourth-order valence-corrected chi connectivity index (χ4v) is 2.17. The van der Waals surface area contributed by atoms with Crippen molar-refractivity contribution in [1.29, 1.82) is 0 Å². The average Bonchev–Trinajstić information content (AvgIpc) is 2.78. The summed E-state index contributed by atoms with van der Waals surface area (Å²) in [7, 11) is 1.45. The molecule has 0 radical (unpaired) electrons. The van der Waals surface area contributed by atoms with E-state index in [0.29, 0.717) is 16.3 Å². The van der Waals surface area contributed by atoms with E-state index in [-0.39, 0.29) is 11.4 Å². The number of methoxy groups -OCH3 is 1. The van der Waals surface area contributed by atoms with Crippen molar-refractivity contribution < 1.29 is 19.7 Å². The number of aromatic carboxylic acids is 1. The SMILES string of the molecule is COc1cccc(-c2nc(C(=O)O)cs2)c1O. The van der Waals surface area contributed by atoms with Gasteiger partial charge in [0, 0.05) is 5.38 Å². The number of aromatic hydroxyl groups is 1. The number of phenolic OH excluding ortho intramolecular Hbond substituents is 1. The Kier molecular flexibility index (Phi) is 2.97. The number of nitrogens with zero attached hydrogens (tertiary/aromatic N) is 1. The molecule has 0 bridgehead atoms. The van der Waals surface area contributed by atoms with Gasteiger partial charge in [-0.05, 0) is 12.1 Å². The number of thiazole rings is 1. The van der Waals surface area contributed by atoms with Gasteiger partial charge in [-0.15, -0.1) is 11.3 Å². The highest BCUT2D eigenvalue weighted by atomic mass is 32.1. The first kappa shape index (κ1) is 11.4. The lowest BCUT2D eigenvalue weighted by Gasteiger charge is -2.05. The molecule has 0 amide bonds. The van der Waals surface area contributed by atoms with Crippen LogP contribution in [0.5, 0.6) is 11.5 Å². The molecular formula is C11H9NO4S. The number of hydrogen-bond donors (Lipinski definition) is 2. The van der Waals surface area contributed by atoms with Crippen LogP contribution in [-0.2, 0) is 0 Å². The highest BCUT2D eigenvalue weighted by molar-refractivity contribution is 7.13. The number of ether oxygens (including phenoxy) is 1. The maximum Gasteiger partial charge on any atom is 0.355 e. The predicted molar refractivity (Wildman–Crippen MR) is 62.7 cm³/mol. The van der Waals surface area contributed by atoms with Crippen molar-refractivity contribution in [3.63, 3.8) is 0 Å². The number of benzene rings is 1. The van der Waals surface area contributed by atoms with Gasteiger partial charge in [0.15, 0.2) is 17.2 Å². The fourth-order valence-electron chi connectivity index (χ4n) is 1.36. The van der Waals surface area contributed by atoms with Gasteiger partial charge in [0.1, 0.15) is 5.01 Å². The maximum atomic E-state index is 10.7. The van der Waals surface area contributed by atoms with Gasteiger partial charge in [-0.2, -0.15) is 0 Å². The minimum Gasteiger partial charge on any atom is -0.504 e. The van der Waals surface area contributed by atoms with Crippen LogP contribution in [0.3, 0.4) is 0 Å². The number of aromatic nitrogens is 1. The molecule has 2 aromatic rings. The first-order chi connectivity index (χ1) is 8.13. The zero-order valence-corrected chi connectivity index (χ0v) is 9.69. The first-order valence-corrected chi connectivity index (χ1v) is 5.56. The molecule has 0 unspecified atom stereocenters. The lowest BCUT2D eigenvalue weighted by molar-refractivity contribution is 0.0691. The summed E-state index contributed by atoms with van der Waals surface area (Å²) >= 11 is 1.16. The van der Waals surface area contributed by atoms with E-state index >= 15 is 0 Å². The molecule has 0 saturated carbocycles. The van der Waals surface area contributed by atoms with Crippen LogP contribution < -0.4 is 4.74 Å². The standard InChI is InChI=1S/C11H9NO4S/c1-16-8-4-2-3-6(9(8)13)10-12-7(5-17-10)11(14)15/h2-5,13H,1H3,(H,14,15). The lowest BCUT2D eigenvalue weighted by atomic mass is 10.2. The van der Waals surface area contributed by atoms with Gasteiger partial charge in [0.05, 0.1) is 12.7 Å². The highest BCUT2D eigenvalue weighted by Gasteiger charge is 2.15. The van der Waals surface area contributed by atoms with E-state index in [1.807, 2.05) is 0 Å². The molecule has 2 N–H and O–H groups in total. The number of carboxylic acid groups (broad SMARTS) is 1. The third-order valence-corrected chi connectivity index (χ3v) is 3.05. The Balaban J connectivity index is 2.49. The van der Waals surface area contributed by atoms with Gasteiger partial charge in [-0.3, -0.25) is 0 Å². The van der Waals surface area contributed by atoms with E-state index < -0.39 is 5.97 Å². The molecular weight excluding hydrogens is 242 g/mol. The smallest absolute Gasteiger partial charge is 0.355 e. The summed E-state index contributed by atoms with van der Waals surface area (Å²) in [6.07, 6.45) is 0. The number of phenols is 1. The van der Waals surface area contributed by atoms with Gasteiger partial charge in [-0.25, -0.2) is 9.78 Å². The molecule has 0 fully saturated rings. The summed E-state index contributed by atoms with van der Waals surface area (Å²) in [5.41, 5.74) is 0.425. The van der Waals surface area contributed by atoms with Crippen LogP contribution in [-0.4, -0.2) is 28.3 Å². The summed E-state index contributed by atoms with van der Waals surface area (Å²) in [6, 6.07) is 4.97. The van der Waals surface area contributed by atoms with Crippen molar-refractivity contribution in [1.82, 2.24) is 4.98 Å². The zero-order valence-electron chi connectivity index (χ0n) is 8.88. The second-order valence-electron chi connectivity index (χ2n) is 3.20. The van der Waals surface area contributed by atoms with Gasteiger partial charge in [-0.1, -0.05) is 6.07 Å². The maximum absolute atomic E-state index is 10.7. The number of carboxylic acids is 1. The molecule has 0 aliphatic rings. The normalized spacial score (nSPS) is 10.2. The van der Waals surface area contributed by atoms with E-state index in [0.717, 1.165) is 11.3 Å². The van der Waals surface area contributed by atoms with E-state index in [4.69, 9.17) is 9.84 Å². The van der Waals surface area contributed by atoms with Gasteiger partial charge in [0.25, 0.3) is 0 Å². The molecule has 0 spiro atoms. The van der Waals surface area contributed by atoms with Crippen molar-refractivity contribution in [3.8, 4) is 22.1 Å². The Hall–Kier alpha value is -2.08. The first-order valence-electron chi connectivity index (χ1n) is 4.68.